The van der Waals surface area contributed by atoms with Gasteiger partial charge in [0.15, 0.2) is 0 Å². The molecule has 0 radical (unpaired) electrons. The Morgan fingerprint density at radius 1 is 1.00 bits per heavy atom. The van der Waals surface area contributed by atoms with Gasteiger partial charge in [0.25, 0.3) is 11.8 Å². The van der Waals surface area contributed by atoms with Crippen LogP contribution in [0.4, 0.5) is 0 Å². The Balaban J connectivity index is 1.55. The van der Waals surface area contributed by atoms with Crippen molar-refractivity contribution in [3.8, 4) is 5.88 Å². The van der Waals surface area contributed by atoms with Crippen LogP contribution in [0.25, 0.3) is 10.9 Å². The van der Waals surface area contributed by atoms with Crippen molar-refractivity contribution in [2.24, 2.45) is 0 Å². The average Bonchev–Trinajstić information content (AvgIpc) is 2.97. The monoisotopic (exact) mass is 389 g/mol. The Labute approximate surface area is 169 Å². The summed E-state index contributed by atoms with van der Waals surface area (Å²) < 4.78 is 5.18. The van der Waals surface area contributed by atoms with Crippen molar-refractivity contribution in [1.29, 1.82) is 0 Å². The Morgan fingerprint density at radius 2 is 1.69 bits per heavy atom. The van der Waals surface area contributed by atoms with E-state index in [0.717, 1.165) is 16.5 Å². The number of likely N-dealkylation sites (N-methyl/N-ethyl adjacent to an activating group) is 1. The van der Waals surface area contributed by atoms with Crippen LogP contribution in [0.15, 0.2) is 54.6 Å². The summed E-state index contributed by atoms with van der Waals surface area (Å²) >= 11 is 0. The fraction of sp³-hybridized carbons (Fsp3) is 0.261. The summed E-state index contributed by atoms with van der Waals surface area (Å²) in [6.45, 7) is 0.345. The molecule has 2 heterocycles. The molecule has 0 unspecified atom stereocenters. The average molecular weight is 389 g/mol. The molecule has 0 spiro atoms. The molecule has 0 bridgehead atoms. The number of nitrogens with zero attached hydrogens (tertiary/aromatic N) is 3. The summed E-state index contributed by atoms with van der Waals surface area (Å²) in [6.07, 6.45) is 0.711. The Kier molecular flexibility index (Phi) is 5.03. The Hall–Kier alpha value is -3.25. The van der Waals surface area contributed by atoms with Crippen molar-refractivity contribution in [1.82, 2.24) is 14.8 Å². The first kappa shape index (κ1) is 19.1. The molecule has 6 heteroatoms. The summed E-state index contributed by atoms with van der Waals surface area (Å²) in [5, 5.41) is 1.03. The van der Waals surface area contributed by atoms with Gasteiger partial charge < -0.3 is 9.64 Å². The number of fused-ring (bicyclic) bond motifs is 2. The number of hydrogen-bond donors (Lipinski definition) is 0. The number of pyridine rings is 1. The second kappa shape index (κ2) is 7.64. The lowest BCUT2D eigenvalue weighted by Gasteiger charge is -2.28. The van der Waals surface area contributed by atoms with Crippen LogP contribution in [-0.4, -0.2) is 60.4 Å². The number of amides is 2. The molecule has 2 aromatic carbocycles. The molecule has 0 aliphatic carbocycles. The van der Waals surface area contributed by atoms with Crippen LogP contribution in [-0.2, 0) is 6.42 Å². The lowest BCUT2D eigenvalue weighted by atomic mass is 10.0. The predicted octanol–water partition coefficient (Wildman–Crippen LogP) is 3.01. The third kappa shape index (κ3) is 3.59. The Morgan fingerprint density at radius 3 is 2.31 bits per heavy atom. The number of aromatic nitrogens is 1. The summed E-state index contributed by atoms with van der Waals surface area (Å²) in [5.41, 5.74) is 2.97. The van der Waals surface area contributed by atoms with Crippen LogP contribution in [0, 0.1) is 0 Å². The van der Waals surface area contributed by atoms with Gasteiger partial charge in [0.05, 0.1) is 23.8 Å². The van der Waals surface area contributed by atoms with Crippen LogP contribution in [0.3, 0.4) is 0 Å². The summed E-state index contributed by atoms with van der Waals surface area (Å²) in [7, 11) is 5.54. The second-order valence-electron chi connectivity index (χ2n) is 7.47. The van der Waals surface area contributed by atoms with Crippen LogP contribution in [0.2, 0.25) is 0 Å². The molecule has 4 rings (SSSR count). The first-order valence-electron chi connectivity index (χ1n) is 9.53. The van der Waals surface area contributed by atoms with Gasteiger partial charge in [0.1, 0.15) is 0 Å². The van der Waals surface area contributed by atoms with Crippen molar-refractivity contribution in [3.05, 3.63) is 71.3 Å². The lowest BCUT2D eigenvalue weighted by molar-refractivity contribution is 0.0612. The van der Waals surface area contributed by atoms with Crippen molar-refractivity contribution < 1.29 is 14.3 Å². The highest BCUT2D eigenvalue weighted by Crippen LogP contribution is 2.24. The highest BCUT2D eigenvalue weighted by atomic mass is 16.5. The number of imide groups is 1. The Bertz CT molecular complexity index is 1060. The quantitative estimate of drug-likeness (QED) is 0.607. The molecule has 2 amide bonds. The minimum atomic E-state index is -0.216. The van der Waals surface area contributed by atoms with Crippen molar-refractivity contribution in [2.75, 3.05) is 27.7 Å². The van der Waals surface area contributed by atoms with E-state index in [-0.39, 0.29) is 17.9 Å². The highest BCUT2D eigenvalue weighted by molar-refractivity contribution is 6.21. The van der Waals surface area contributed by atoms with Crippen molar-refractivity contribution in [3.63, 3.8) is 0 Å². The molecule has 0 saturated heterocycles. The zero-order chi connectivity index (χ0) is 20.5. The summed E-state index contributed by atoms with van der Waals surface area (Å²) in [6, 6.07) is 16.9. The van der Waals surface area contributed by atoms with Gasteiger partial charge in [-0.1, -0.05) is 18.2 Å². The fourth-order valence-electron chi connectivity index (χ4n) is 3.70. The van der Waals surface area contributed by atoms with Gasteiger partial charge in [-0.05, 0) is 56.4 Å². The molecule has 148 valence electrons. The van der Waals surface area contributed by atoms with E-state index in [9.17, 15) is 9.59 Å². The third-order valence-corrected chi connectivity index (χ3v) is 5.41. The smallest absolute Gasteiger partial charge is 0.261 e. The van der Waals surface area contributed by atoms with E-state index in [1.807, 2.05) is 38.4 Å². The lowest BCUT2D eigenvalue weighted by Crippen LogP contribution is -2.44. The summed E-state index contributed by atoms with van der Waals surface area (Å²) in [4.78, 5) is 33.3. The van der Waals surface area contributed by atoms with E-state index in [0.29, 0.717) is 30.0 Å². The van der Waals surface area contributed by atoms with E-state index >= 15 is 0 Å². The van der Waals surface area contributed by atoms with Gasteiger partial charge in [0.2, 0.25) is 5.88 Å². The van der Waals surface area contributed by atoms with Gasteiger partial charge >= 0.3 is 0 Å². The molecule has 1 aliphatic heterocycles. The van der Waals surface area contributed by atoms with E-state index in [1.165, 1.54) is 4.90 Å². The van der Waals surface area contributed by atoms with Gasteiger partial charge in [-0.15, -0.1) is 0 Å². The number of carbonyl (C=O) groups excluding carboxylic acids is 2. The largest absolute Gasteiger partial charge is 0.481 e. The van der Waals surface area contributed by atoms with Crippen LogP contribution in [0.5, 0.6) is 5.88 Å². The molecule has 0 saturated carbocycles. The van der Waals surface area contributed by atoms with Crippen molar-refractivity contribution in [2.45, 2.75) is 12.5 Å². The number of ether oxygens (including phenoxy) is 1. The minimum Gasteiger partial charge on any atom is -0.481 e. The normalized spacial score (nSPS) is 14.6. The third-order valence-electron chi connectivity index (χ3n) is 5.41. The zero-order valence-electron chi connectivity index (χ0n) is 16.8. The topological polar surface area (TPSA) is 62.7 Å². The van der Waals surface area contributed by atoms with Crippen LogP contribution < -0.4 is 4.74 Å². The second-order valence-corrected chi connectivity index (χ2v) is 7.47. The van der Waals surface area contributed by atoms with E-state index in [2.05, 4.69) is 16.0 Å². The molecule has 6 nitrogen and oxygen atoms in total. The minimum absolute atomic E-state index is 0.000805. The molecule has 0 fully saturated rings. The molecular formula is C23H23N3O3. The fourth-order valence-corrected chi connectivity index (χ4v) is 3.70. The highest BCUT2D eigenvalue weighted by Gasteiger charge is 2.36. The standard InChI is InChI=1S/C23H23N3O3/c1-25(2)17(14-26-22(27)18-6-4-5-7-19(18)23(26)28)13-15-8-10-20-16(12-15)9-11-21(24-20)29-3/h4-12,17H,13-14H2,1-3H3/t17-/m0/s1. The van der Waals surface area contributed by atoms with E-state index < -0.39 is 0 Å². The zero-order valence-corrected chi connectivity index (χ0v) is 16.8. The number of benzene rings is 2. The number of methoxy groups -OCH3 is 1. The molecule has 29 heavy (non-hydrogen) atoms. The first-order chi connectivity index (χ1) is 14.0. The molecular weight excluding hydrogens is 366 g/mol. The van der Waals surface area contributed by atoms with E-state index in [4.69, 9.17) is 4.74 Å². The van der Waals surface area contributed by atoms with Crippen molar-refractivity contribution >= 4 is 22.7 Å². The van der Waals surface area contributed by atoms with Gasteiger partial charge in [-0.2, -0.15) is 0 Å². The predicted molar refractivity (Wildman–Crippen MR) is 111 cm³/mol. The summed E-state index contributed by atoms with van der Waals surface area (Å²) in [5.74, 6) is 0.154. The molecule has 0 N–H and O–H groups in total. The molecule has 3 aromatic rings. The van der Waals surface area contributed by atoms with Gasteiger partial charge in [0, 0.05) is 24.0 Å². The first-order valence-corrected chi connectivity index (χ1v) is 9.53. The number of hydrogen-bond acceptors (Lipinski definition) is 5. The van der Waals surface area contributed by atoms with Crippen LogP contribution in [0.1, 0.15) is 26.3 Å². The number of rotatable bonds is 6. The van der Waals surface area contributed by atoms with Gasteiger partial charge in [-0.25, -0.2) is 4.98 Å². The van der Waals surface area contributed by atoms with Crippen LogP contribution >= 0.6 is 0 Å². The molecule has 1 atom stereocenters. The SMILES string of the molecule is COc1ccc2cc(C[C@@H](CN3C(=O)c4ccccc4C3=O)N(C)C)ccc2n1. The molecule has 1 aliphatic rings. The molecule has 1 aromatic heterocycles. The maximum atomic E-state index is 12.7. The number of carbonyl (C=O) groups is 2. The van der Waals surface area contributed by atoms with E-state index in [1.54, 1.807) is 31.4 Å². The maximum absolute atomic E-state index is 12.7. The maximum Gasteiger partial charge on any atom is 0.261 e. The van der Waals surface area contributed by atoms with Gasteiger partial charge in [-0.3, -0.25) is 14.5 Å².